The van der Waals surface area contributed by atoms with Crippen molar-refractivity contribution in [3.63, 3.8) is 0 Å². The molecular formula is C15H15N3O3. The zero-order valence-corrected chi connectivity index (χ0v) is 11.4. The zero-order chi connectivity index (χ0) is 14.5. The van der Waals surface area contributed by atoms with Crippen molar-refractivity contribution in [2.45, 2.75) is 6.42 Å². The van der Waals surface area contributed by atoms with Crippen LogP contribution in [0.1, 0.15) is 6.42 Å². The summed E-state index contributed by atoms with van der Waals surface area (Å²) in [6, 6.07) is 9.29. The Hall–Kier alpha value is -2.63. The summed E-state index contributed by atoms with van der Waals surface area (Å²) < 4.78 is 11.2. The number of rotatable bonds is 5. The molecular weight excluding hydrogens is 270 g/mol. The molecule has 0 saturated carbocycles. The summed E-state index contributed by atoms with van der Waals surface area (Å²) in [5.74, 6) is 1.61. The van der Waals surface area contributed by atoms with Crippen molar-refractivity contribution in [1.82, 2.24) is 15.3 Å². The number of ether oxygens (including phenoxy) is 2. The molecule has 1 unspecified atom stereocenters. The number of carbonyl (C=O) groups is 1. The third kappa shape index (κ3) is 3.68. The van der Waals surface area contributed by atoms with E-state index in [0.29, 0.717) is 37.1 Å². The Bertz CT molecular complexity index is 619. The highest BCUT2D eigenvalue weighted by Gasteiger charge is 2.21. The van der Waals surface area contributed by atoms with E-state index in [0.717, 1.165) is 0 Å². The van der Waals surface area contributed by atoms with Crippen molar-refractivity contribution in [3.05, 3.63) is 42.7 Å². The van der Waals surface area contributed by atoms with Gasteiger partial charge in [-0.05, 0) is 18.2 Å². The van der Waals surface area contributed by atoms with E-state index < -0.39 is 0 Å². The van der Waals surface area contributed by atoms with Crippen molar-refractivity contribution in [1.29, 1.82) is 0 Å². The third-order valence-corrected chi connectivity index (χ3v) is 3.10. The van der Waals surface area contributed by atoms with E-state index in [1.54, 1.807) is 24.5 Å². The fourth-order valence-electron chi connectivity index (χ4n) is 2.07. The highest BCUT2D eigenvalue weighted by Crippen LogP contribution is 2.23. The molecule has 0 aliphatic carbocycles. The molecule has 1 aromatic carbocycles. The van der Waals surface area contributed by atoms with E-state index in [1.165, 1.54) is 0 Å². The number of amides is 1. The van der Waals surface area contributed by atoms with Gasteiger partial charge in [0.05, 0.1) is 6.61 Å². The molecule has 1 atom stereocenters. The molecule has 0 radical (unpaired) electrons. The first-order valence-electron chi connectivity index (χ1n) is 6.74. The van der Waals surface area contributed by atoms with Crippen LogP contribution >= 0.6 is 0 Å². The summed E-state index contributed by atoms with van der Waals surface area (Å²) in [7, 11) is 0. The van der Waals surface area contributed by atoms with E-state index >= 15 is 0 Å². The van der Waals surface area contributed by atoms with Crippen molar-refractivity contribution in [2.75, 3.05) is 13.2 Å². The molecule has 21 heavy (non-hydrogen) atoms. The van der Waals surface area contributed by atoms with E-state index in [1.807, 2.05) is 18.2 Å². The fourth-order valence-corrected chi connectivity index (χ4v) is 2.07. The normalized spacial score (nSPS) is 17.3. The van der Waals surface area contributed by atoms with Gasteiger partial charge in [-0.15, -0.1) is 0 Å². The maximum Gasteiger partial charge on any atom is 0.321 e. The van der Waals surface area contributed by atoms with Gasteiger partial charge in [-0.1, -0.05) is 6.07 Å². The van der Waals surface area contributed by atoms with Crippen molar-refractivity contribution in [3.8, 4) is 17.5 Å². The molecule has 3 rings (SSSR count). The predicted molar refractivity (Wildman–Crippen MR) is 75.2 cm³/mol. The summed E-state index contributed by atoms with van der Waals surface area (Å²) in [6.07, 6.45) is 3.76. The minimum absolute atomic E-state index is 0.0851. The Morgan fingerprint density at radius 3 is 2.76 bits per heavy atom. The number of benzene rings is 1. The van der Waals surface area contributed by atoms with Crippen molar-refractivity contribution >= 4 is 5.91 Å². The highest BCUT2D eigenvalue weighted by atomic mass is 16.5. The lowest BCUT2D eigenvalue weighted by Crippen LogP contribution is -2.16. The van der Waals surface area contributed by atoms with Gasteiger partial charge in [0.15, 0.2) is 0 Å². The second-order valence-electron chi connectivity index (χ2n) is 4.79. The smallest absolute Gasteiger partial charge is 0.321 e. The molecule has 6 nitrogen and oxygen atoms in total. The second kappa shape index (κ2) is 6.21. The van der Waals surface area contributed by atoms with Gasteiger partial charge in [0.2, 0.25) is 5.91 Å². The third-order valence-electron chi connectivity index (χ3n) is 3.10. The van der Waals surface area contributed by atoms with Crippen molar-refractivity contribution in [2.24, 2.45) is 5.92 Å². The Morgan fingerprint density at radius 2 is 2.00 bits per heavy atom. The Morgan fingerprint density at radius 1 is 1.19 bits per heavy atom. The lowest BCUT2D eigenvalue weighted by Gasteiger charge is -2.11. The molecule has 1 fully saturated rings. The van der Waals surface area contributed by atoms with Crippen LogP contribution in [0.5, 0.6) is 17.5 Å². The number of nitrogens with one attached hydrogen (secondary N) is 1. The average Bonchev–Trinajstić information content (AvgIpc) is 2.92. The fraction of sp³-hybridized carbons (Fsp3) is 0.267. The molecule has 1 aliphatic heterocycles. The number of carbonyl (C=O) groups excluding carboxylic acids is 1. The Balaban J connectivity index is 1.59. The quantitative estimate of drug-likeness (QED) is 0.906. The van der Waals surface area contributed by atoms with Crippen LogP contribution in [0.25, 0.3) is 0 Å². The van der Waals surface area contributed by atoms with Gasteiger partial charge in [0, 0.05) is 37.3 Å². The van der Waals surface area contributed by atoms with Crippen LogP contribution in [0.3, 0.4) is 0 Å². The first kappa shape index (κ1) is 13.4. The molecule has 1 N–H and O–H groups in total. The van der Waals surface area contributed by atoms with Gasteiger partial charge in [-0.3, -0.25) is 4.79 Å². The van der Waals surface area contributed by atoms with Gasteiger partial charge >= 0.3 is 6.01 Å². The first-order chi connectivity index (χ1) is 10.3. The largest absolute Gasteiger partial charge is 0.493 e. The average molecular weight is 285 g/mol. The minimum atomic E-state index is 0.0851. The van der Waals surface area contributed by atoms with Crippen LogP contribution in [-0.4, -0.2) is 29.0 Å². The lowest BCUT2D eigenvalue weighted by atomic mass is 10.1. The maximum absolute atomic E-state index is 11.1. The van der Waals surface area contributed by atoms with Gasteiger partial charge in [-0.2, -0.15) is 0 Å². The van der Waals surface area contributed by atoms with Gasteiger partial charge in [0.25, 0.3) is 0 Å². The van der Waals surface area contributed by atoms with Crippen LogP contribution in [0, 0.1) is 5.92 Å². The molecule has 6 heteroatoms. The summed E-state index contributed by atoms with van der Waals surface area (Å²) in [5.41, 5.74) is 0. The Labute approximate surface area is 122 Å². The number of hydrogen-bond acceptors (Lipinski definition) is 5. The molecule has 1 aliphatic rings. The standard InChI is InChI=1S/C15H15N3O3/c19-14-7-11(9-18-14)10-20-12-3-1-4-13(8-12)21-15-16-5-2-6-17-15/h1-6,8,11H,7,9-10H2,(H,18,19). The zero-order valence-electron chi connectivity index (χ0n) is 11.4. The molecule has 0 bridgehead atoms. The van der Waals surface area contributed by atoms with E-state index in [9.17, 15) is 4.79 Å². The number of nitrogens with zero attached hydrogens (tertiary/aromatic N) is 2. The van der Waals surface area contributed by atoms with Crippen molar-refractivity contribution < 1.29 is 14.3 Å². The SMILES string of the molecule is O=C1CC(COc2cccc(Oc3ncccn3)c2)CN1. The lowest BCUT2D eigenvalue weighted by molar-refractivity contribution is -0.119. The summed E-state index contributed by atoms with van der Waals surface area (Å²) in [5, 5.41) is 2.79. The van der Waals surface area contributed by atoms with Crippen LogP contribution in [0.15, 0.2) is 42.7 Å². The van der Waals surface area contributed by atoms with Gasteiger partial charge in [0.1, 0.15) is 11.5 Å². The molecule has 0 spiro atoms. The van der Waals surface area contributed by atoms with Crippen LogP contribution < -0.4 is 14.8 Å². The molecule has 108 valence electrons. The van der Waals surface area contributed by atoms with Crippen LogP contribution in [0.2, 0.25) is 0 Å². The monoisotopic (exact) mass is 285 g/mol. The molecule has 1 saturated heterocycles. The second-order valence-corrected chi connectivity index (χ2v) is 4.79. The van der Waals surface area contributed by atoms with Gasteiger partial charge in [-0.25, -0.2) is 9.97 Å². The molecule has 2 aromatic rings. The number of aromatic nitrogens is 2. The topological polar surface area (TPSA) is 73.3 Å². The van der Waals surface area contributed by atoms with E-state index in [4.69, 9.17) is 9.47 Å². The Kier molecular flexibility index (Phi) is 3.95. The predicted octanol–water partition coefficient (Wildman–Crippen LogP) is 1.78. The van der Waals surface area contributed by atoms with Crippen LogP contribution in [-0.2, 0) is 4.79 Å². The summed E-state index contributed by atoms with van der Waals surface area (Å²) >= 11 is 0. The van der Waals surface area contributed by atoms with E-state index in [2.05, 4.69) is 15.3 Å². The van der Waals surface area contributed by atoms with Crippen LogP contribution in [0.4, 0.5) is 0 Å². The minimum Gasteiger partial charge on any atom is -0.493 e. The maximum atomic E-state index is 11.1. The van der Waals surface area contributed by atoms with E-state index in [-0.39, 0.29) is 11.8 Å². The molecule has 1 amide bonds. The highest BCUT2D eigenvalue weighted by molar-refractivity contribution is 5.78. The first-order valence-corrected chi connectivity index (χ1v) is 6.74. The molecule has 1 aromatic heterocycles. The number of hydrogen-bond donors (Lipinski definition) is 1. The molecule has 2 heterocycles. The summed E-state index contributed by atoms with van der Waals surface area (Å²) in [6.45, 7) is 1.18. The summed E-state index contributed by atoms with van der Waals surface area (Å²) in [4.78, 5) is 19.1. The van der Waals surface area contributed by atoms with Gasteiger partial charge < -0.3 is 14.8 Å².